The number of hydrogen-bond donors (Lipinski definition) is 1. The largest absolute Gasteiger partial charge is 0.354 e. The van der Waals surface area contributed by atoms with Crippen LogP contribution in [0, 0.1) is 5.82 Å². The van der Waals surface area contributed by atoms with E-state index in [0.717, 1.165) is 19.3 Å². The van der Waals surface area contributed by atoms with Crippen LogP contribution < -0.4 is 5.32 Å². The molecule has 0 saturated heterocycles. The Bertz CT molecular complexity index is 628. The van der Waals surface area contributed by atoms with Crippen molar-refractivity contribution in [2.24, 2.45) is 0 Å². The highest BCUT2D eigenvalue weighted by Gasteiger charge is 2.18. The normalized spacial score (nSPS) is 12.1. The molecule has 6 nitrogen and oxygen atoms in total. The van der Waals surface area contributed by atoms with E-state index in [1.54, 1.807) is 19.1 Å². The topological polar surface area (TPSA) is 72.7 Å². The van der Waals surface area contributed by atoms with Gasteiger partial charge in [0.25, 0.3) is 0 Å². The predicted octanol–water partition coefficient (Wildman–Crippen LogP) is 2.35. The molecule has 22 heavy (non-hydrogen) atoms. The molecule has 118 valence electrons. The van der Waals surface area contributed by atoms with E-state index in [2.05, 4.69) is 27.7 Å². The average molecular weight is 305 g/mol. The summed E-state index contributed by atoms with van der Waals surface area (Å²) < 4.78 is 13.2. The van der Waals surface area contributed by atoms with Crippen LogP contribution in [-0.4, -0.2) is 32.7 Å². The van der Waals surface area contributed by atoms with Gasteiger partial charge in [-0.1, -0.05) is 31.9 Å². The highest BCUT2D eigenvalue weighted by Crippen LogP contribution is 2.15. The lowest BCUT2D eigenvalue weighted by molar-refractivity contribution is -0.124. The van der Waals surface area contributed by atoms with Crippen LogP contribution in [0.15, 0.2) is 24.3 Å². The van der Waals surface area contributed by atoms with Gasteiger partial charge in [0.2, 0.25) is 11.7 Å². The molecule has 1 amide bonds. The lowest BCUT2D eigenvalue weighted by atomic mass is 10.2. The molecule has 0 unspecified atom stereocenters. The fourth-order valence-corrected chi connectivity index (χ4v) is 1.97. The number of rotatable bonds is 7. The molecule has 1 N–H and O–H groups in total. The molecule has 0 aliphatic carbocycles. The fourth-order valence-electron chi connectivity index (χ4n) is 1.97. The molecule has 2 rings (SSSR count). The van der Waals surface area contributed by atoms with Crippen LogP contribution in [0.2, 0.25) is 0 Å². The number of aromatic nitrogens is 4. The number of nitrogens with one attached hydrogen (secondary N) is 1. The summed E-state index contributed by atoms with van der Waals surface area (Å²) in [5.74, 6) is -0.222. The second kappa shape index (κ2) is 7.63. The lowest BCUT2D eigenvalue weighted by Gasteiger charge is -2.10. The van der Waals surface area contributed by atoms with Gasteiger partial charge in [-0.3, -0.25) is 4.79 Å². The van der Waals surface area contributed by atoms with Gasteiger partial charge in [-0.2, -0.15) is 4.80 Å². The average Bonchev–Trinajstić information content (AvgIpc) is 3.00. The van der Waals surface area contributed by atoms with Crippen molar-refractivity contribution in [3.8, 4) is 11.4 Å². The summed E-state index contributed by atoms with van der Waals surface area (Å²) >= 11 is 0. The molecule has 0 radical (unpaired) electrons. The first kappa shape index (κ1) is 16.1. The van der Waals surface area contributed by atoms with Crippen LogP contribution in [0.3, 0.4) is 0 Å². The molecule has 0 fully saturated rings. The Morgan fingerprint density at radius 1 is 1.41 bits per heavy atom. The van der Waals surface area contributed by atoms with E-state index in [1.807, 2.05) is 0 Å². The van der Waals surface area contributed by atoms with Crippen molar-refractivity contribution in [1.82, 2.24) is 25.5 Å². The summed E-state index contributed by atoms with van der Waals surface area (Å²) in [6.07, 6.45) is 3.14. The van der Waals surface area contributed by atoms with Gasteiger partial charge in [0.05, 0.1) is 0 Å². The third-order valence-electron chi connectivity index (χ3n) is 3.32. The molecule has 0 bridgehead atoms. The molecule has 0 spiro atoms. The van der Waals surface area contributed by atoms with Gasteiger partial charge in [-0.15, -0.1) is 10.2 Å². The van der Waals surface area contributed by atoms with Crippen molar-refractivity contribution in [3.63, 3.8) is 0 Å². The Kier molecular flexibility index (Phi) is 5.57. The smallest absolute Gasteiger partial charge is 0.246 e. The minimum absolute atomic E-state index is 0.153. The zero-order valence-corrected chi connectivity index (χ0v) is 12.8. The molecular formula is C15H20FN5O. The standard InChI is InChI=1S/C15H20FN5O/c1-3-4-5-9-17-15(22)11(2)21-19-14(18-20-21)12-7-6-8-13(16)10-12/h6-8,10-11H,3-5,9H2,1-2H3,(H,17,22)/t11-/m1/s1. The van der Waals surface area contributed by atoms with E-state index in [0.29, 0.717) is 17.9 Å². The van der Waals surface area contributed by atoms with Gasteiger partial charge in [0.15, 0.2) is 0 Å². The Morgan fingerprint density at radius 2 is 2.23 bits per heavy atom. The Hall–Kier alpha value is -2.31. The second-order valence-electron chi connectivity index (χ2n) is 5.12. The lowest BCUT2D eigenvalue weighted by Crippen LogP contribution is -2.32. The second-order valence-corrected chi connectivity index (χ2v) is 5.12. The maximum absolute atomic E-state index is 13.2. The molecule has 2 aromatic rings. The van der Waals surface area contributed by atoms with Gasteiger partial charge < -0.3 is 5.32 Å². The van der Waals surface area contributed by atoms with Crippen LogP contribution in [0.4, 0.5) is 4.39 Å². The molecule has 0 aliphatic heterocycles. The van der Waals surface area contributed by atoms with Crippen molar-refractivity contribution in [3.05, 3.63) is 30.1 Å². The van der Waals surface area contributed by atoms with E-state index < -0.39 is 6.04 Å². The summed E-state index contributed by atoms with van der Waals surface area (Å²) in [6.45, 7) is 4.45. The summed E-state index contributed by atoms with van der Waals surface area (Å²) in [7, 11) is 0. The predicted molar refractivity (Wildman–Crippen MR) is 80.5 cm³/mol. The van der Waals surface area contributed by atoms with Crippen LogP contribution in [0.25, 0.3) is 11.4 Å². The van der Waals surface area contributed by atoms with Gasteiger partial charge in [0.1, 0.15) is 11.9 Å². The highest BCUT2D eigenvalue weighted by atomic mass is 19.1. The number of tetrazole rings is 1. The number of hydrogen-bond acceptors (Lipinski definition) is 4. The Morgan fingerprint density at radius 3 is 2.95 bits per heavy atom. The van der Waals surface area contributed by atoms with Crippen molar-refractivity contribution in [2.45, 2.75) is 39.2 Å². The van der Waals surface area contributed by atoms with Gasteiger partial charge in [0, 0.05) is 12.1 Å². The van der Waals surface area contributed by atoms with Crippen molar-refractivity contribution >= 4 is 5.91 Å². The minimum Gasteiger partial charge on any atom is -0.354 e. The molecule has 0 saturated carbocycles. The molecular weight excluding hydrogens is 285 g/mol. The van der Waals surface area contributed by atoms with Crippen LogP contribution in [0.1, 0.15) is 39.2 Å². The first-order valence-electron chi connectivity index (χ1n) is 7.45. The fraction of sp³-hybridized carbons (Fsp3) is 0.467. The van der Waals surface area contributed by atoms with Gasteiger partial charge in [-0.05, 0) is 30.7 Å². The van der Waals surface area contributed by atoms with Crippen LogP contribution in [0.5, 0.6) is 0 Å². The third-order valence-corrected chi connectivity index (χ3v) is 3.32. The van der Waals surface area contributed by atoms with Crippen molar-refractivity contribution in [1.29, 1.82) is 0 Å². The van der Waals surface area contributed by atoms with Gasteiger partial charge >= 0.3 is 0 Å². The van der Waals surface area contributed by atoms with Gasteiger partial charge in [-0.25, -0.2) is 4.39 Å². The number of unbranched alkanes of at least 4 members (excludes halogenated alkanes) is 2. The third kappa shape index (κ3) is 4.09. The Balaban J connectivity index is 1.99. The monoisotopic (exact) mass is 305 g/mol. The van der Waals surface area contributed by atoms with Crippen molar-refractivity contribution in [2.75, 3.05) is 6.54 Å². The number of benzene rings is 1. The zero-order valence-electron chi connectivity index (χ0n) is 12.8. The van der Waals surface area contributed by atoms with E-state index >= 15 is 0 Å². The molecule has 1 heterocycles. The molecule has 1 aromatic carbocycles. The summed E-state index contributed by atoms with van der Waals surface area (Å²) in [5.41, 5.74) is 0.529. The number of amides is 1. The Labute approximate surface area is 128 Å². The minimum atomic E-state index is -0.559. The first-order chi connectivity index (χ1) is 10.6. The molecule has 1 atom stereocenters. The van der Waals surface area contributed by atoms with Crippen molar-refractivity contribution < 1.29 is 9.18 Å². The summed E-state index contributed by atoms with van der Waals surface area (Å²) in [5, 5.41) is 14.8. The summed E-state index contributed by atoms with van der Waals surface area (Å²) in [4.78, 5) is 13.3. The highest BCUT2D eigenvalue weighted by molar-refractivity contribution is 5.79. The molecule has 0 aliphatic rings. The van der Waals surface area contributed by atoms with E-state index in [1.165, 1.54) is 16.9 Å². The maximum atomic E-state index is 13.2. The number of halogens is 1. The zero-order chi connectivity index (χ0) is 15.9. The van der Waals surface area contributed by atoms with E-state index in [-0.39, 0.29) is 11.7 Å². The number of nitrogens with zero attached hydrogens (tertiary/aromatic N) is 4. The van der Waals surface area contributed by atoms with E-state index in [4.69, 9.17) is 0 Å². The number of carbonyl (C=O) groups is 1. The van der Waals surface area contributed by atoms with Crippen LogP contribution >= 0.6 is 0 Å². The molecule has 7 heteroatoms. The molecule has 1 aromatic heterocycles. The first-order valence-corrected chi connectivity index (χ1v) is 7.45. The number of carbonyl (C=O) groups excluding carboxylic acids is 1. The summed E-state index contributed by atoms with van der Waals surface area (Å²) in [6, 6.07) is 5.39. The maximum Gasteiger partial charge on any atom is 0.246 e. The van der Waals surface area contributed by atoms with E-state index in [9.17, 15) is 9.18 Å². The van der Waals surface area contributed by atoms with Crippen LogP contribution in [-0.2, 0) is 4.79 Å². The quantitative estimate of drug-likeness (QED) is 0.797. The SMILES string of the molecule is CCCCCNC(=O)[C@@H](C)n1nnc(-c2cccc(F)c2)n1.